The van der Waals surface area contributed by atoms with E-state index in [2.05, 4.69) is 60.9 Å². The lowest BCUT2D eigenvalue weighted by atomic mass is 9.87. The van der Waals surface area contributed by atoms with Gasteiger partial charge in [0.1, 0.15) is 0 Å². The minimum atomic E-state index is 0.499. The van der Waals surface area contributed by atoms with Gasteiger partial charge in [0.2, 0.25) is 5.95 Å². The fourth-order valence-electron chi connectivity index (χ4n) is 5.06. The normalized spacial score (nSPS) is 21.7. The summed E-state index contributed by atoms with van der Waals surface area (Å²) in [6.45, 7) is 6.47. The molecule has 1 aliphatic heterocycles. The minimum absolute atomic E-state index is 0.499. The number of nitrogens with zero attached hydrogens (tertiary/aromatic N) is 2. The second-order valence-corrected chi connectivity index (χ2v) is 8.85. The van der Waals surface area contributed by atoms with Crippen molar-refractivity contribution in [3.8, 4) is 11.1 Å². The predicted octanol–water partition coefficient (Wildman–Crippen LogP) is 5.24. The van der Waals surface area contributed by atoms with E-state index in [9.17, 15) is 0 Å². The quantitative estimate of drug-likeness (QED) is 0.646. The van der Waals surface area contributed by atoms with Crippen LogP contribution in [0.5, 0.6) is 0 Å². The van der Waals surface area contributed by atoms with Gasteiger partial charge in [0.25, 0.3) is 0 Å². The molecule has 1 aromatic heterocycles. The number of benzene rings is 2. The molecule has 150 valence electrons. The molecule has 1 aliphatic carbocycles. The highest BCUT2D eigenvalue weighted by molar-refractivity contribution is 5.87. The Kier molecular flexibility index (Phi) is 4.96. The maximum absolute atomic E-state index is 4.85. The Bertz CT molecular complexity index is 1040. The third-order valence-corrected chi connectivity index (χ3v) is 6.61. The average Bonchev–Trinajstić information content (AvgIpc) is 2.73. The molecule has 4 nitrogen and oxygen atoms in total. The van der Waals surface area contributed by atoms with Crippen LogP contribution in [0.25, 0.3) is 22.0 Å². The minimum Gasteiger partial charge on any atom is -0.351 e. The van der Waals surface area contributed by atoms with Crippen LogP contribution in [-0.2, 0) is 13.0 Å². The molecular formula is C25H30N4. The van der Waals surface area contributed by atoms with Gasteiger partial charge in [-0.1, -0.05) is 44.0 Å². The Morgan fingerprint density at radius 3 is 2.93 bits per heavy atom. The average molecular weight is 387 g/mol. The number of nitrogens with one attached hydrogen (secondary N) is 2. The van der Waals surface area contributed by atoms with Crippen LogP contribution in [0.4, 0.5) is 5.95 Å². The van der Waals surface area contributed by atoms with E-state index >= 15 is 0 Å². The van der Waals surface area contributed by atoms with Crippen LogP contribution < -0.4 is 10.6 Å². The van der Waals surface area contributed by atoms with E-state index in [1.165, 1.54) is 47.9 Å². The predicted molar refractivity (Wildman–Crippen MR) is 120 cm³/mol. The highest BCUT2D eigenvalue weighted by Gasteiger charge is 2.20. The zero-order valence-electron chi connectivity index (χ0n) is 17.5. The van der Waals surface area contributed by atoms with Gasteiger partial charge in [-0.15, -0.1) is 0 Å². The van der Waals surface area contributed by atoms with Crippen LogP contribution in [0.3, 0.4) is 0 Å². The first-order valence-electron chi connectivity index (χ1n) is 11.0. The monoisotopic (exact) mass is 386 g/mol. The first-order chi connectivity index (χ1) is 14.2. The van der Waals surface area contributed by atoms with Crippen molar-refractivity contribution in [3.05, 3.63) is 53.2 Å². The molecule has 0 saturated heterocycles. The van der Waals surface area contributed by atoms with Crippen molar-refractivity contribution in [2.24, 2.45) is 5.92 Å². The van der Waals surface area contributed by atoms with E-state index in [0.29, 0.717) is 6.04 Å². The molecule has 2 atom stereocenters. The summed E-state index contributed by atoms with van der Waals surface area (Å²) in [4.78, 5) is 9.66. The maximum atomic E-state index is 4.85. The summed E-state index contributed by atoms with van der Waals surface area (Å²) in [6.07, 6.45) is 6.16. The molecule has 29 heavy (non-hydrogen) atoms. The topological polar surface area (TPSA) is 49.8 Å². The number of hydrogen-bond acceptors (Lipinski definition) is 4. The Morgan fingerprint density at radius 2 is 2.03 bits per heavy atom. The molecule has 2 aromatic carbocycles. The van der Waals surface area contributed by atoms with Gasteiger partial charge in [-0.3, -0.25) is 0 Å². The molecule has 1 fully saturated rings. The lowest BCUT2D eigenvalue weighted by Crippen LogP contribution is -2.27. The molecule has 2 aliphatic rings. The van der Waals surface area contributed by atoms with Crippen molar-refractivity contribution in [1.82, 2.24) is 15.3 Å². The molecule has 0 spiro atoms. The zero-order valence-corrected chi connectivity index (χ0v) is 17.5. The van der Waals surface area contributed by atoms with E-state index in [-0.39, 0.29) is 0 Å². The summed E-state index contributed by atoms with van der Waals surface area (Å²) in [5.41, 5.74) is 7.60. The highest BCUT2D eigenvalue weighted by Crippen LogP contribution is 2.32. The van der Waals surface area contributed by atoms with Crippen LogP contribution in [0.15, 0.2) is 36.4 Å². The Balaban J connectivity index is 1.48. The van der Waals surface area contributed by atoms with Gasteiger partial charge in [0.15, 0.2) is 0 Å². The van der Waals surface area contributed by atoms with E-state index in [0.717, 1.165) is 48.0 Å². The second kappa shape index (κ2) is 7.75. The summed E-state index contributed by atoms with van der Waals surface area (Å²) >= 11 is 0. The third-order valence-electron chi connectivity index (χ3n) is 6.61. The van der Waals surface area contributed by atoms with Gasteiger partial charge in [-0.2, -0.15) is 0 Å². The van der Waals surface area contributed by atoms with Crippen molar-refractivity contribution in [1.29, 1.82) is 0 Å². The van der Waals surface area contributed by atoms with E-state index in [1.807, 2.05) is 0 Å². The van der Waals surface area contributed by atoms with Crippen LogP contribution >= 0.6 is 0 Å². The van der Waals surface area contributed by atoms with Crippen LogP contribution in [0, 0.1) is 12.8 Å². The lowest BCUT2D eigenvalue weighted by molar-refractivity contribution is 0.357. The number of aryl methyl sites for hydroxylation is 1. The van der Waals surface area contributed by atoms with Crippen LogP contribution in [-0.4, -0.2) is 22.6 Å². The smallest absolute Gasteiger partial charge is 0.223 e. The molecular weight excluding hydrogens is 356 g/mol. The van der Waals surface area contributed by atoms with Gasteiger partial charge >= 0.3 is 0 Å². The molecule has 1 saturated carbocycles. The van der Waals surface area contributed by atoms with Gasteiger partial charge in [0.05, 0.1) is 11.2 Å². The maximum Gasteiger partial charge on any atom is 0.223 e. The summed E-state index contributed by atoms with van der Waals surface area (Å²) in [6, 6.07) is 13.8. The van der Waals surface area contributed by atoms with Crippen molar-refractivity contribution in [2.75, 3.05) is 11.9 Å². The fourth-order valence-corrected chi connectivity index (χ4v) is 5.06. The first kappa shape index (κ1) is 18.6. The largest absolute Gasteiger partial charge is 0.351 e. The standard InChI is InChI=1S/C25H30N4/c1-16-5-3-7-20(13-16)28-25-27-17(2)23-14-18(9-10-24(23)29-25)21-8-4-6-19-15-26-12-11-22(19)21/h4,6,8-10,14,16,20,26H,3,5,7,11-13,15H2,1-2H3,(H,27,28,29). The molecule has 3 aromatic rings. The Hall–Kier alpha value is -2.46. The van der Waals surface area contributed by atoms with Gasteiger partial charge in [-0.05, 0) is 73.0 Å². The van der Waals surface area contributed by atoms with Gasteiger partial charge < -0.3 is 10.6 Å². The zero-order chi connectivity index (χ0) is 19.8. The third kappa shape index (κ3) is 3.74. The van der Waals surface area contributed by atoms with E-state index in [4.69, 9.17) is 9.97 Å². The Labute approximate surface area is 173 Å². The number of fused-ring (bicyclic) bond motifs is 2. The van der Waals surface area contributed by atoms with E-state index < -0.39 is 0 Å². The molecule has 0 amide bonds. The lowest BCUT2D eigenvalue weighted by Gasteiger charge is -2.27. The van der Waals surface area contributed by atoms with Gasteiger partial charge in [-0.25, -0.2) is 9.97 Å². The fraction of sp³-hybridized carbons (Fsp3) is 0.440. The second-order valence-electron chi connectivity index (χ2n) is 8.85. The molecule has 0 radical (unpaired) electrons. The molecule has 0 bridgehead atoms. The Morgan fingerprint density at radius 1 is 1.10 bits per heavy atom. The number of anilines is 1. The van der Waals surface area contributed by atoms with Gasteiger partial charge in [0, 0.05) is 18.0 Å². The van der Waals surface area contributed by atoms with Crippen molar-refractivity contribution in [3.63, 3.8) is 0 Å². The summed E-state index contributed by atoms with van der Waals surface area (Å²) in [7, 11) is 0. The molecule has 2 N–H and O–H groups in total. The van der Waals surface area contributed by atoms with Crippen molar-refractivity contribution >= 4 is 16.9 Å². The van der Waals surface area contributed by atoms with E-state index in [1.54, 1.807) is 0 Å². The SMILES string of the molecule is Cc1nc(NC2CCCC(C)C2)nc2ccc(-c3cccc4c3CCNC4)cc12. The molecule has 2 heterocycles. The van der Waals surface area contributed by atoms with Crippen molar-refractivity contribution in [2.45, 2.75) is 58.5 Å². The highest BCUT2D eigenvalue weighted by atomic mass is 15.1. The van der Waals surface area contributed by atoms with Crippen LogP contribution in [0.1, 0.15) is 49.4 Å². The molecule has 4 heteroatoms. The first-order valence-corrected chi connectivity index (χ1v) is 11.0. The summed E-state index contributed by atoms with van der Waals surface area (Å²) in [5, 5.41) is 8.23. The number of hydrogen-bond donors (Lipinski definition) is 2. The summed E-state index contributed by atoms with van der Waals surface area (Å²) < 4.78 is 0. The molecule has 2 unspecified atom stereocenters. The number of aromatic nitrogens is 2. The van der Waals surface area contributed by atoms with Crippen LogP contribution in [0.2, 0.25) is 0 Å². The number of rotatable bonds is 3. The molecule has 5 rings (SSSR count). The summed E-state index contributed by atoms with van der Waals surface area (Å²) in [5.74, 6) is 1.57. The van der Waals surface area contributed by atoms with Crippen molar-refractivity contribution < 1.29 is 0 Å².